The largest absolute Gasteiger partial charge is 0.293 e. The van der Waals surface area contributed by atoms with E-state index in [2.05, 4.69) is 15.9 Å². The number of rotatable bonds is 2. The average Bonchev–Trinajstić information content (AvgIpc) is 2.10. The van der Waals surface area contributed by atoms with Gasteiger partial charge in [-0.25, -0.2) is 8.78 Å². The van der Waals surface area contributed by atoms with Gasteiger partial charge < -0.3 is 0 Å². The third kappa shape index (κ3) is 2.25. The quantitative estimate of drug-likeness (QED) is 0.458. The van der Waals surface area contributed by atoms with Gasteiger partial charge >= 0.3 is 0 Å². The normalized spacial score (nSPS) is 10.2. The Morgan fingerprint density at radius 1 is 1.38 bits per heavy atom. The van der Waals surface area contributed by atoms with Crippen LogP contribution in [-0.4, -0.2) is 11.1 Å². The number of benzene rings is 1. The van der Waals surface area contributed by atoms with Crippen molar-refractivity contribution in [1.29, 1.82) is 0 Å². The fraction of sp³-hybridized carbons (Fsp3) is 0.125. The minimum atomic E-state index is -1.08. The molecule has 0 heterocycles. The highest BCUT2D eigenvalue weighted by atomic mass is 79.9. The zero-order chi connectivity index (χ0) is 10.0. The molecule has 0 aliphatic heterocycles. The van der Waals surface area contributed by atoms with Gasteiger partial charge in [-0.2, -0.15) is 0 Å². The minimum absolute atomic E-state index is 0.0163. The lowest BCUT2D eigenvalue weighted by molar-refractivity contribution is 0.102. The van der Waals surface area contributed by atoms with E-state index >= 15 is 0 Å². The van der Waals surface area contributed by atoms with Gasteiger partial charge in [-0.05, 0) is 12.1 Å². The first-order chi connectivity index (χ1) is 6.06. The molecule has 0 aliphatic rings. The zero-order valence-corrected chi connectivity index (χ0v) is 8.62. The summed E-state index contributed by atoms with van der Waals surface area (Å²) >= 11 is 8.43. The number of halogens is 4. The fourth-order valence-electron chi connectivity index (χ4n) is 0.808. The molecular weight excluding hydrogens is 265 g/mol. The molecule has 0 fully saturated rings. The van der Waals surface area contributed by atoms with Crippen LogP contribution in [-0.2, 0) is 0 Å². The van der Waals surface area contributed by atoms with Crippen LogP contribution in [0.3, 0.4) is 0 Å². The highest BCUT2D eigenvalue weighted by molar-refractivity contribution is 9.09. The van der Waals surface area contributed by atoms with Crippen molar-refractivity contribution in [2.75, 3.05) is 5.33 Å². The smallest absolute Gasteiger partial charge is 0.174 e. The van der Waals surface area contributed by atoms with Gasteiger partial charge in [0.25, 0.3) is 0 Å². The molecule has 70 valence electrons. The second-order valence-corrected chi connectivity index (χ2v) is 3.27. The first-order valence-electron chi connectivity index (χ1n) is 3.30. The van der Waals surface area contributed by atoms with Gasteiger partial charge in [0.2, 0.25) is 0 Å². The summed E-state index contributed by atoms with van der Waals surface area (Å²) in [4.78, 5) is 11.1. The van der Waals surface area contributed by atoms with Crippen LogP contribution in [0, 0.1) is 11.6 Å². The van der Waals surface area contributed by atoms with E-state index in [1.807, 2.05) is 0 Å². The molecule has 13 heavy (non-hydrogen) atoms. The monoisotopic (exact) mass is 268 g/mol. The Balaban J connectivity index is 3.23. The van der Waals surface area contributed by atoms with Gasteiger partial charge in [0.1, 0.15) is 0 Å². The summed E-state index contributed by atoms with van der Waals surface area (Å²) in [6.45, 7) is 0. The number of carbonyl (C=O) groups is 1. The number of hydrogen-bond donors (Lipinski definition) is 0. The minimum Gasteiger partial charge on any atom is -0.293 e. The Morgan fingerprint density at radius 3 is 2.46 bits per heavy atom. The summed E-state index contributed by atoms with van der Waals surface area (Å²) in [5, 5.41) is -0.0546. The molecule has 0 unspecified atom stereocenters. The highest BCUT2D eigenvalue weighted by Gasteiger charge is 2.13. The third-order valence-electron chi connectivity index (χ3n) is 1.43. The predicted octanol–water partition coefficient (Wildman–Crippen LogP) is 3.20. The van der Waals surface area contributed by atoms with Crippen molar-refractivity contribution in [3.8, 4) is 0 Å². The molecule has 0 bridgehead atoms. The van der Waals surface area contributed by atoms with Crippen LogP contribution in [0.25, 0.3) is 0 Å². The number of Topliss-reactive ketones (excluding diaryl/α,β-unsaturated/α-hetero) is 1. The van der Waals surface area contributed by atoms with E-state index in [-0.39, 0.29) is 21.7 Å². The van der Waals surface area contributed by atoms with E-state index in [4.69, 9.17) is 11.6 Å². The Morgan fingerprint density at radius 2 is 1.92 bits per heavy atom. The second-order valence-electron chi connectivity index (χ2n) is 2.30. The van der Waals surface area contributed by atoms with Gasteiger partial charge in [0.15, 0.2) is 17.4 Å². The summed E-state index contributed by atoms with van der Waals surface area (Å²) in [6, 6.07) is 1.58. The number of ketones is 1. The molecule has 1 rings (SSSR count). The molecule has 0 saturated heterocycles. The second kappa shape index (κ2) is 4.15. The molecular formula is C8H4BrClF2O. The standard InChI is InChI=1S/C8H4BrClF2O/c9-3-8(13)4-1-6(11)7(12)2-5(4)10/h1-2H,3H2. The van der Waals surface area contributed by atoms with Crippen LogP contribution in [0.1, 0.15) is 10.4 Å². The summed E-state index contributed by atoms with van der Waals surface area (Å²) in [5.74, 6) is -2.52. The molecule has 0 radical (unpaired) electrons. The SMILES string of the molecule is O=C(CBr)c1cc(F)c(F)cc1Cl. The summed E-state index contributed by atoms with van der Waals surface area (Å²) in [6.07, 6.45) is 0. The maximum Gasteiger partial charge on any atom is 0.174 e. The lowest BCUT2D eigenvalue weighted by Gasteiger charge is -2.01. The average molecular weight is 269 g/mol. The zero-order valence-electron chi connectivity index (χ0n) is 6.28. The molecule has 0 spiro atoms. The first-order valence-corrected chi connectivity index (χ1v) is 4.80. The van der Waals surface area contributed by atoms with E-state index in [1.165, 1.54) is 0 Å². The molecule has 0 N–H and O–H groups in total. The molecule has 0 saturated carbocycles. The Kier molecular flexibility index (Phi) is 3.39. The van der Waals surface area contributed by atoms with Crippen LogP contribution in [0.4, 0.5) is 8.78 Å². The van der Waals surface area contributed by atoms with Crippen molar-refractivity contribution >= 4 is 33.3 Å². The van der Waals surface area contributed by atoms with Crippen LogP contribution in [0.15, 0.2) is 12.1 Å². The summed E-state index contributed by atoms with van der Waals surface area (Å²) in [7, 11) is 0. The maximum atomic E-state index is 12.7. The predicted molar refractivity (Wildman–Crippen MR) is 49.5 cm³/mol. The summed E-state index contributed by atoms with van der Waals surface area (Å²) in [5.41, 5.74) is -0.0163. The Hall–Kier alpha value is -0.480. The van der Waals surface area contributed by atoms with Crippen molar-refractivity contribution in [2.24, 2.45) is 0 Å². The molecule has 1 aromatic rings. The van der Waals surface area contributed by atoms with Gasteiger partial charge in [0, 0.05) is 5.56 Å². The van der Waals surface area contributed by atoms with Gasteiger partial charge in [-0.3, -0.25) is 4.79 Å². The van der Waals surface area contributed by atoms with Crippen molar-refractivity contribution in [1.82, 2.24) is 0 Å². The van der Waals surface area contributed by atoms with E-state index in [0.717, 1.165) is 12.1 Å². The Bertz CT molecular complexity index is 354. The molecule has 0 aliphatic carbocycles. The molecule has 0 amide bonds. The lowest BCUT2D eigenvalue weighted by Crippen LogP contribution is -2.02. The van der Waals surface area contributed by atoms with Crippen LogP contribution in [0.5, 0.6) is 0 Å². The van der Waals surface area contributed by atoms with Crippen LogP contribution < -0.4 is 0 Å². The maximum absolute atomic E-state index is 12.7. The van der Waals surface area contributed by atoms with Gasteiger partial charge in [-0.15, -0.1) is 0 Å². The highest BCUT2D eigenvalue weighted by Crippen LogP contribution is 2.20. The van der Waals surface area contributed by atoms with Crippen molar-refractivity contribution in [2.45, 2.75) is 0 Å². The lowest BCUT2D eigenvalue weighted by atomic mass is 10.1. The van der Waals surface area contributed by atoms with Gasteiger partial charge in [-0.1, -0.05) is 27.5 Å². The van der Waals surface area contributed by atoms with Crippen LogP contribution in [0.2, 0.25) is 5.02 Å². The first kappa shape index (κ1) is 10.6. The van der Waals surface area contributed by atoms with Crippen molar-refractivity contribution in [3.63, 3.8) is 0 Å². The van der Waals surface area contributed by atoms with Crippen LogP contribution >= 0.6 is 27.5 Å². The number of alkyl halides is 1. The molecule has 1 nitrogen and oxygen atoms in total. The van der Waals surface area contributed by atoms with Gasteiger partial charge in [0.05, 0.1) is 10.4 Å². The molecule has 1 aromatic carbocycles. The molecule has 0 atom stereocenters. The van der Waals surface area contributed by atoms with Crippen molar-refractivity contribution in [3.05, 3.63) is 34.4 Å². The molecule has 0 aromatic heterocycles. The van der Waals surface area contributed by atoms with Crippen molar-refractivity contribution < 1.29 is 13.6 Å². The summed E-state index contributed by atoms with van der Waals surface area (Å²) < 4.78 is 25.2. The fourth-order valence-corrected chi connectivity index (χ4v) is 1.37. The number of carbonyl (C=O) groups excluding carboxylic acids is 1. The van der Waals surface area contributed by atoms with E-state index < -0.39 is 11.6 Å². The topological polar surface area (TPSA) is 17.1 Å². The third-order valence-corrected chi connectivity index (χ3v) is 2.25. The van der Waals surface area contributed by atoms with E-state index in [1.54, 1.807) is 0 Å². The van der Waals surface area contributed by atoms with E-state index in [9.17, 15) is 13.6 Å². The Labute approximate surface area is 86.8 Å². The molecule has 5 heteroatoms. The number of hydrogen-bond acceptors (Lipinski definition) is 1. The van der Waals surface area contributed by atoms with E-state index in [0.29, 0.717) is 0 Å².